The zero-order chi connectivity index (χ0) is 19.9. The number of fused-ring (bicyclic) bond motifs is 1. The Kier molecular flexibility index (Phi) is 4.28. The first-order chi connectivity index (χ1) is 13.4. The van der Waals surface area contributed by atoms with E-state index in [2.05, 4.69) is 0 Å². The number of rotatable bonds is 3. The third kappa shape index (κ3) is 2.97. The third-order valence-corrected chi connectivity index (χ3v) is 5.17. The van der Waals surface area contributed by atoms with Crippen molar-refractivity contribution in [2.24, 2.45) is 0 Å². The summed E-state index contributed by atoms with van der Waals surface area (Å²) in [6.45, 7) is 0. The summed E-state index contributed by atoms with van der Waals surface area (Å²) in [6.07, 6.45) is -0.690. The van der Waals surface area contributed by atoms with Gasteiger partial charge in [0.05, 0.1) is 0 Å². The molecule has 0 radical (unpaired) electrons. The molecular weight excluding hydrogens is 360 g/mol. The minimum atomic E-state index is -1.29. The molecule has 1 aliphatic heterocycles. The van der Waals surface area contributed by atoms with Gasteiger partial charge in [-0.2, -0.15) is 0 Å². The van der Waals surface area contributed by atoms with Crippen LogP contribution < -0.4 is 4.74 Å². The van der Waals surface area contributed by atoms with Crippen LogP contribution in [-0.4, -0.2) is 31.6 Å². The van der Waals surface area contributed by atoms with Crippen LogP contribution in [0.2, 0.25) is 0 Å². The smallest absolute Gasteiger partial charge is 0.164 e. The number of hydrogen-bond acceptors (Lipinski definition) is 6. The molecule has 2 atom stereocenters. The maximum Gasteiger partial charge on any atom is 0.164 e. The third-order valence-electron chi connectivity index (χ3n) is 5.17. The van der Waals surface area contributed by atoms with Gasteiger partial charge in [0, 0.05) is 36.1 Å². The maximum absolute atomic E-state index is 11.1. The second-order valence-electron chi connectivity index (χ2n) is 7.02. The number of benzene rings is 3. The van der Waals surface area contributed by atoms with Crippen LogP contribution in [0.15, 0.2) is 60.7 Å². The van der Waals surface area contributed by atoms with Crippen LogP contribution in [0, 0.1) is 0 Å². The Morgan fingerprint density at radius 2 is 1.61 bits per heavy atom. The lowest BCUT2D eigenvalue weighted by molar-refractivity contribution is -0.0728. The van der Waals surface area contributed by atoms with E-state index in [0.29, 0.717) is 11.1 Å². The highest BCUT2D eigenvalue weighted by Gasteiger charge is 2.47. The quantitative estimate of drug-likeness (QED) is 0.447. The summed E-state index contributed by atoms with van der Waals surface area (Å²) in [6, 6.07) is 16.3. The monoisotopic (exact) mass is 380 g/mol. The Bertz CT molecular complexity index is 1020. The predicted molar refractivity (Wildman–Crippen MR) is 102 cm³/mol. The van der Waals surface area contributed by atoms with Crippen molar-refractivity contribution in [2.75, 3.05) is 0 Å². The first kappa shape index (κ1) is 18.0. The van der Waals surface area contributed by atoms with E-state index < -0.39 is 11.7 Å². The van der Waals surface area contributed by atoms with E-state index in [1.165, 1.54) is 24.3 Å². The molecule has 0 bridgehead atoms. The van der Waals surface area contributed by atoms with Crippen molar-refractivity contribution >= 4 is 0 Å². The number of aliphatic hydroxyl groups is 1. The average molecular weight is 380 g/mol. The first-order valence-corrected chi connectivity index (χ1v) is 8.87. The van der Waals surface area contributed by atoms with Gasteiger partial charge < -0.3 is 30.3 Å². The van der Waals surface area contributed by atoms with E-state index in [-0.39, 0.29) is 41.6 Å². The normalized spacial score (nSPS) is 21.0. The van der Waals surface area contributed by atoms with Crippen LogP contribution in [0.1, 0.15) is 16.7 Å². The molecular formula is C22H20O6. The molecule has 0 aromatic heterocycles. The molecule has 0 amide bonds. The molecule has 0 saturated heterocycles. The number of phenols is 4. The Morgan fingerprint density at radius 1 is 0.857 bits per heavy atom. The van der Waals surface area contributed by atoms with Crippen molar-refractivity contribution in [3.63, 3.8) is 0 Å². The molecule has 144 valence electrons. The fraction of sp³-hybridized carbons (Fsp3) is 0.182. The van der Waals surface area contributed by atoms with Gasteiger partial charge in [-0.25, -0.2) is 0 Å². The van der Waals surface area contributed by atoms with Crippen LogP contribution in [0.3, 0.4) is 0 Å². The molecule has 28 heavy (non-hydrogen) atoms. The van der Waals surface area contributed by atoms with Crippen LogP contribution in [0.25, 0.3) is 0 Å². The molecule has 0 spiro atoms. The Balaban J connectivity index is 1.88. The molecule has 3 aromatic rings. The molecule has 6 nitrogen and oxygen atoms in total. The zero-order valence-corrected chi connectivity index (χ0v) is 14.9. The summed E-state index contributed by atoms with van der Waals surface area (Å²) < 4.78 is 6.22. The minimum absolute atomic E-state index is 0.0932. The SMILES string of the molecule is Oc1cc(O)c2c(c1)OC(Cc1ccccc1)(c1ccc(O)c(O)c1)C(O)C2. The highest BCUT2D eigenvalue weighted by atomic mass is 16.5. The Labute approximate surface area is 161 Å². The number of phenolic OH excluding ortho intramolecular Hbond substituents is 4. The summed E-state index contributed by atoms with van der Waals surface area (Å²) in [7, 11) is 0. The van der Waals surface area contributed by atoms with E-state index in [4.69, 9.17) is 4.74 Å². The zero-order valence-electron chi connectivity index (χ0n) is 14.9. The lowest BCUT2D eigenvalue weighted by Crippen LogP contribution is -2.50. The molecule has 0 aliphatic carbocycles. The van der Waals surface area contributed by atoms with Crippen molar-refractivity contribution in [1.29, 1.82) is 0 Å². The molecule has 1 aliphatic rings. The first-order valence-electron chi connectivity index (χ1n) is 8.87. The number of aromatic hydroxyl groups is 4. The Hall–Kier alpha value is -3.38. The lowest BCUT2D eigenvalue weighted by atomic mass is 9.77. The van der Waals surface area contributed by atoms with Gasteiger partial charge >= 0.3 is 0 Å². The van der Waals surface area contributed by atoms with Gasteiger partial charge in [0.25, 0.3) is 0 Å². The molecule has 0 fully saturated rings. The van der Waals surface area contributed by atoms with Gasteiger partial charge in [0.15, 0.2) is 17.1 Å². The van der Waals surface area contributed by atoms with Gasteiger partial charge in [0.2, 0.25) is 0 Å². The second kappa shape index (κ2) is 6.65. The average Bonchev–Trinajstić information content (AvgIpc) is 2.66. The fourth-order valence-electron chi connectivity index (χ4n) is 3.73. The van der Waals surface area contributed by atoms with E-state index in [9.17, 15) is 25.5 Å². The van der Waals surface area contributed by atoms with Crippen molar-refractivity contribution in [1.82, 2.24) is 0 Å². The van der Waals surface area contributed by atoms with E-state index in [1.54, 1.807) is 6.07 Å². The standard InChI is InChI=1S/C22H20O6/c23-15-9-18(25)16-11-21(27)22(28-20(16)10-15,12-13-4-2-1-3-5-13)14-6-7-17(24)19(26)8-14/h1-10,21,23-27H,11-12H2. The van der Waals surface area contributed by atoms with E-state index in [1.807, 2.05) is 30.3 Å². The highest BCUT2D eigenvalue weighted by molar-refractivity contribution is 5.53. The second-order valence-corrected chi connectivity index (χ2v) is 7.02. The summed E-state index contributed by atoms with van der Waals surface area (Å²) in [4.78, 5) is 0. The van der Waals surface area contributed by atoms with Crippen LogP contribution >= 0.6 is 0 Å². The van der Waals surface area contributed by atoms with Gasteiger partial charge in [-0.3, -0.25) is 0 Å². The van der Waals surface area contributed by atoms with Crippen molar-refractivity contribution in [3.05, 3.63) is 77.4 Å². The predicted octanol–water partition coefficient (Wildman–Crippen LogP) is 2.94. The van der Waals surface area contributed by atoms with Gasteiger partial charge in [0.1, 0.15) is 23.4 Å². The molecule has 1 heterocycles. The summed E-state index contributed by atoms with van der Waals surface area (Å²) >= 11 is 0. The van der Waals surface area contributed by atoms with Crippen molar-refractivity contribution < 1.29 is 30.3 Å². The van der Waals surface area contributed by atoms with Crippen molar-refractivity contribution in [2.45, 2.75) is 24.5 Å². The van der Waals surface area contributed by atoms with Crippen molar-refractivity contribution in [3.8, 4) is 28.7 Å². The molecule has 2 unspecified atom stereocenters. The van der Waals surface area contributed by atoms with Gasteiger partial charge in [-0.15, -0.1) is 0 Å². The summed E-state index contributed by atoms with van der Waals surface area (Å²) in [5.74, 6) is -0.665. The van der Waals surface area contributed by atoms with Gasteiger partial charge in [-0.1, -0.05) is 36.4 Å². The van der Waals surface area contributed by atoms with Gasteiger partial charge in [-0.05, 0) is 17.7 Å². The molecule has 0 saturated carbocycles. The summed E-state index contributed by atoms with van der Waals surface area (Å²) in [5.41, 5.74) is 0.464. The van der Waals surface area contributed by atoms with Crippen LogP contribution in [-0.2, 0) is 18.4 Å². The number of aliphatic hydroxyl groups excluding tert-OH is 1. The highest BCUT2D eigenvalue weighted by Crippen LogP contribution is 2.47. The minimum Gasteiger partial charge on any atom is -0.508 e. The molecule has 5 N–H and O–H groups in total. The summed E-state index contributed by atoms with van der Waals surface area (Å²) in [5, 5.41) is 50.8. The maximum atomic E-state index is 11.1. The van der Waals surface area contributed by atoms with E-state index >= 15 is 0 Å². The van der Waals surface area contributed by atoms with Crippen LogP contribution in [0.5, 0.6) is 28.7 Å². The van der Waals surface area contributed by atoms with Crippen LogP contribution in [0.4, 0.5) is 0 Å². The molecule has 3 aromatic carbocycles. The van der Waals surface area contributed by atoms with E-state index in [0.717, 1.165) is 5.56 Å². The topological polar surface area (TPSA) is 110 Å². The lowest BCUT2D eigenvalue weighted by Gasteiger charge is -2.43. The Morgan fingerprint density at radius 3 is 2.32 bits per heavy atom. The number of ether oxygens (including phenoxy) is 1. The number of hydrogen-bond donors (Lipinski definition) is 5. The fourth-order valence-corrected chi connectivity index (χ4v) is 3.73. The molecule has 6 heteroatoms. The largest absolute Gasteiger partial charge is 0.508 e. The molecule has 4 rings (SSSR count).